The van der Waals surface area contributed by atoms with Crippen molar-refractivity contribution in [1.82, 2.24) is 24.9 Å². The fourth-order valence-electron chi connectivity index (χ4n) is 1.39. The van der Waals surface area contributed by atoms with Gasteiger partial charge in [-0.05, 0) is 18.2 Å². The Morgan fingerprint density at radius 1 is 0.882 bits per heavy atom. The van der Waals surface area contributed by atoms with Crippen LogP contribution in [0.25, 0.3) is 11.2 Å². The van der Waals surface area contributed by atoms with Crippen LogP contribution in [0.5, 0.6) is 0 Å². The fraction of sp³-hybridized carbons (Fsp3) is 0. The molecule has 0 spiro atoms. The van der Waals surface area contributed by atoms with Crippen LogP contribution in [-0.4, -0.2) is 24.9 Å². The number of rotatable bonds is 2. The van der Waals surface area contributed by atoms with Crippen LogP contribution in [0, 0.1) is 0 Å². The number of nitrogens with zero attached hydrogens (tertiary/aromatic N) is 5. The Hall–Kier alpha value is -2.63. The summed E-state index contributed by atoms with van der Waals surface area (Å²) in [6, 6.07) is 5.43. The first-order valence-corrected chi connectivity index (χ1v) is 5.04. The maximum atomic E-state index is 4.31. The lowest BCUT2D eigenvalue weighted by molar-refractivity contribution is 1.14. The highest BCUT2D eigenvalue weighted by Gasteiger charge is 2.01. The Balaban J connectivity index is 1.96. The van der Waals surface area contributed by atoms with Crippen molar-refractivity contribution in [3.8, 4) is 0 Å². The summed E-state index contributed by atoms with van der Waals surface area (Å²) in [6.07, 6.45) is 6.62. The maximum Gasteiger partial charge on any atom is 0.228 e. The Bertz CT molecular complexity index is 640. The van der Waals surface area contributed by atoms with E-state index in [1.807, 2.05) is 12.1 Å². The number of nitrogens with one attached hydrogen (secondary N) is 1. The van der Waals surface area contributed by atoms with Gasteiger partial charge in [0.1, 0.15) is 5.52 Å². The Kier molecular flexibility index (Phi) is 2.31. The summed E-state index contributed by atoms with van der Waals surface area (Å²) >= 11 is 0. The normalized spacial score (nSPS) is 10.4. The second-order valence-electron chi connectivity index (χ2n) is 3.30. The van der Waals surface area contributed by atoms with Crippen LogP contribution in [-0.2, 0) is 0 Å². The van der Waals surface area contributed by atoms with Gasteiger partial charge in [0.15, 0.2) is 11.5 Å². The van der Waals surface area contributed by atoms with Crippen molar-refractivity contribution >= 4 is 22.9 Å². The highest BCUT2D eigenvalue weighted by molar-refractivity contribution is 5.71. The third kappa shape index (κ3) is 2.00. The van der Waals surface area contributed by atoms with Crippen LogP contribution in [0.1, 0.15) is 0 Å². The summed E-state index contributed by atoms with van der Waals surface area (Å²) < 4.78 is 0. The molecule has 0 bridgehead atoms. The van der Waals surface area contributed by atoms with Crippen LogP contribution in [0.2, 0.25) is 0 Å². The largest absolute Gasteiger partial charge is 0.307 e. The van der Waals surface area contributed by atoms with E-state index in [1.165, 1.54) is 0 Å². The van der Waals surface area contributed by atoms with Gasteiger partial charge >= 0.3 is 0 Å². The maximum absolute atomic E-state index is 4.31. The van der Waals surface area contributed by atoms with Gasteiger partial charge < -0.3 is 5.32 Å². The molecule has 6 nitrogen and oxygen atoms in total. The summed E-state index contributed by atoms with van der Waals surface area (Å²) in [5.41, 5.74) is 1.35. The average molecular weight is 224 g/mol. The molecule has 3 rings (SSSR count). The van der Waals surface area contributed by atoms with Gasteiger partial charge in [-0.1, -0.05) is 0 Å². The number of aromatic nitrogens is 5. The van der Waals surface area contributed by atoms with Gasteiger partial charge in [0.2, 0.25) is 5.95 Å². The van der Waals surface area contributed by atoms with Crippen molar-refractivity contribution in [2.24, 2.45) is 0 Å². The van der Waals surface area contributed by atoms with E-state index in [1.54, 1.807) is 30.9 Å². The van der Waals surface area contributed by atoms with Crippen LogP contribution >= 0.6 is 0 Å². The molecule has 0 unspecified atom stereocenters. The van der Waals surface area contributed by atoms with Gasteiger partial charge in [0.25, 0.3) is 0 Å². The van der Waals surface area contributed by atoms with Gasteiger partial charge in [-0.3, -0.25) is 0 Å². The third-order valence-electron chi connectivity index (χ3n) is 2.12. The lowest BCUT2D eigenvalue weighted by Gasteiger charge is -2.03. The smallest absolute Gasteiger partial charge is 0.228 e. The number of hydrogen-bond acceptors (Lipinski definition) is 6. The van der Waals surface area contributed by atoms with E-state index in [2.05, 4.69) is 30.2 Å². The molecule has 0 atom stereocenters. The van der Waals surface area contributed by atoms with Crippen LogP contribution in [0.3, 0.4) is 0 Å². The van der Waals surface area contributed by atoms with Crippen molar-refractivity contribution in [3.05, 3.63) is 43.0 Å². The monoisotopic (exact) mass is 224 g/mol. The molecule has 0 saturated heterocycles. The third-order valence-corrected chi connectivity index (χ3v) is 2.12. The zero-order chi connectivity index (χ0) is 11.5. The van der Waals surface area contributed by atoms with E-state index in [4.69, 9.17) is 0 Å². The standard InChI is InChI=1S/C11H8N6/c1-3-8-10(12-4-1)16-9(7-15-8)17-11-13-5-2-6-14-11/h1-7H,(H,12,13,14,16,17). The minimum absolute atomic E-state index is 0.483. The lowest BCUT2D eigenvalue weighted by Crippen LogP contribution is -1.99. The van der Waals surface area contributed by atoms with E-state index < -0.39 is 0 Å². The van der Waals surface area contributed by atoms with Crippen molar-refractivity contribution < 1.29 is 0 Å². The summed E-state index contributed by atoms with van der Waals surface area (Å²) in [4.78, 5) is 20.8. The molecular formula is C11H8N6. The first-order valence-electron chi connectivity index (χ1n) is 5.04. The van der Waals surface area contributed by atoms with Gasteiger partial charge in [-0.25, -0.2) is 24.9 Å². The first kappa shape index (κ1) is 9.59. The molecule has 0 fully saturated rings. The predicted molar refractivity (Wildman–Crippen MR) is 62.6 cm³/mol. The zero-order valence-electron chi connectivity index (χ0n) is 8.78. The molecule has 0 aromatic carbocycles. The minimum atomic E-state index is 0.483. The summed E-state index contributed by atoms with van der Waals surface area (Å²) in [6.45, 7) is 0. The Labute approximate surface area is 96.8 Å². The molecule has 3 heterocycles. The van der Waals surface area contributed by atoms with E-state index in [-0.39, 0.29) is 0 Å². The van der Waals surface area contributed by atoms with Gasteiger partial charge in [-0.15, -0.1) is 0 Å². The number of fused-ring (bicyclic) bond motifs is 1. The molecule has 82 valence electrons. The van der Waals surface area contributed by atoms with Crippen LogP contribution in [0.15, 0.2) is 43.0 Å². The molecule has 0 amide bonds. The van der Waals surface area contributed by atoms with Gasteiger partial charge in [0.05, 0.1) is 6.20 Å². The zero-order valence-corrected chi connectivity index (χ0v) is 8.78. The predicted octanol–water partition coefficient (Wildman–Crippen LogP) is 1.56. The molecule has 3 aromatic rings. The lowest BCUT2D eigenvalue weighted by atomic mass is 10.4. The first-order chi connectivity index (χ1) is 8.42. The summed E-state index contributed by atoms with van der Waals surface area (Å²) in [5.74, 6) is 1.06. The van der Waals surface area contributed by atoms with Crippen molar-refractivity contribution in [3.63, 3.8) is 0 Å². The Morgan fingerprint density at radius 3 is 2.59 bits per heavy atom. The topological polar surface area (TPSA) is 76.5 Å². The average Bonchev–Trinajstić information content (AvgIpc) is 2.40. The second kappa shape index (κ2) is 4.09. The van der Waals surface area contributed by atoms with Crippen molar-refractivity contribution in [2.45, 2.75) is 0 Å². The van der Waals surface area contributed by atoms with E-state index >= 15 is 0 Å². The quantitative estimate of drug-likeness (QED) is 0.711. The Morgan fingerprint density at radius 2 is 1.71 bits per heavy atom. The van der Waals surface area contributed by atoms with Crippen molar-refractivity contribution in [2.75, 3.05) is 5.32 Å². The molecular weight excluding hydrogens is 216 g/mol. The highest BCUT2D eigenvalue weighted by Crippen LogP contribution is 2.11. The number of anilines is 2. The van der Waals surface area contributed by atoms with Crippen LogP contribution < -0.4 is 5.32 Å². The number of hydrogen-bond donors (Lipinski definition) is 1. The van der Waals surface area contributed by atoms with Gasteiger partial charge in [0, 0.05) is 18.6 Å². The summed E-state index contributed by atoms with van der Waals surface area (Å²) in [7, 11) is 0. The van der Waals surface area contributed by atoms with E-state index in [0.29, 0.717) is 17.4 Å². The second-order valence-corrected chi connectivity index (χ2v) is 3.30. The molecule has 0 aliphatic rings. The highest BCUT2D eigenvalue weighted by atomic mass is 15.1. The number of pyridine rings is 1. The van der Waals surface area contributed by atoms with Gasteiger partial charge in [-0.2, -0.15) is 0 Å². The molecule has 0 radical (unpaired) electrons. The molecule has 0 saturated carbocycles. The minimum Gasteiger partial charge on any atom is -0.307 e. The molecule has 17 heavy (non-hydrogen) atoms. The molecule has 3 aromatic heterocycles. The molecule has 0 aliphatic heterocycles. The molecule has 6 heteroatoms. The van der Waals surface area contributed by atoms with Crippen molar-refractivity contribution in [1.29, 1.82) is 0 Å². The van der Waals surface area contributed by atoms with E-state index in [0.717, 1.165) is 5.52 Å². The van der Waals surface area contributed by atoms with E-state index in [9.17, 15) is 0 Å². The summed E-state index contributed by atoms with van der Waals surface area (Å²) in [5, 5.41) is 2.96. The molecule has 1 N–H and O–H groups in total. The fourth-order valence-corrected chi connectivity index (χ4v) is 1.39. The SMILES string of the molecule is c1cnc(Nc2cnc3cccnc3n2)nc1. The molecule has 0 aliphatic carbocycles. The van der Waals surface area contributed by atoms with Crippen LogP contribution in [0.4, 0.5) is 11.8 Å².